The number of amides is 2. The molecule has 0 aliphatic carbocycles. The summed E-state index contributed by atoms with van der Waals surface area (Å²) in [5, 5.41) is 1.23. The van der Waals surface area contributed by atoms with Crippen LogP contribution in [0.15, 0.2) is 84.0 Å². The summed E-state index contributed by atoms with van der Waals surface area (Å²) in [5.41, 5.74) is 6.23. The maximum Gasteiger partial charge on any atom is 0.288 e. The highest BCUT2D eigenvalue weighted by Gasteiger charge is 2.27. The number of nitrogens with zero attached hydrogens (tertiary/aromatic N) is 1. The first-order chi connectivity index (χ1) is 16.3. The lowest BCUT2D eigenvalue weighted by atomic mass is 10.1. The zero-order valence-corrected chi connectivity index (χ0v) is 19.2. The predicted molar refractivity (Wildman–Crippen MR) is 127 cm³/mol. The van der Waals surface area contributed by atoms with Crippen LogP contribution in [-0.4, -0.2) is 36.2 Å². The number of aromatic amines is 1. The molecule has 0 aliphatic rings. The lowest BCUT2D eigenvalue weighted by Crippen LogP contribution is -2.53. The van der Waals surface area contributed by atoms with Crippen molar-refractivity contribution in [1.29, 1.82) is 0 Å². The first-order valence-electron chi connectivity index (χ1n) is 10.2. The number of hydrogen-bond acceptors (Lipinski definition) is 5. The fourth-order valence-corrected chi connectivity index (χ4v) is 4.67. The maximum absolute atomic E-state index is 13.0. The number of hydrogen-bond donors (Lipinski definition) is 4. The van der Waals surface area contributed by atoms with Gasteiger partial charge >= 0.3 is 0 Å². The molecule has 9 nitrogen and oxygen atoms in total. The number of hydrazine groups is 1. The quantitative estimate of drug-likeness (QED) is 0.291. The monoisotopic (exact) mass is 497 g/mol. The molecule has 4 rings (SSSR count). The van der Waals surface area contributed by atoms with Gasteiger partial charge in [-0.05, 0) is 54.4 Å². The summed E-state index contributed by atoms with van der Waals surface area (Å²) >= 11 is 5.86. The number of carbonyl (C=O) groups is 2. The number of halogens is 1. The van der Waals surface area contributed by atoms with Gasteiger partial charge in [0.05, 0.1) is 4.90 Å². The van der Waals surface area contributed by atoms with Crippen LogP contribution in [-0.2, 0) is 21.2 Å². The summed E-state index contributed by atoms with van der Waals surface area (Å²) in [4.78, 5) is 32.2. The molecule has 4 aromatic rings. The third-order valence-electron chi connectivity index (χ3n) is 5.03. The van der Waals surface area contributed by atoms with Crippen molar-refractivity contribution in [3.8, 4) is 0 Å². The minimum atomic E-state index is -4.07. The number of fused-ring (bicyclic) bond motifs is 1. The number of pyridine rings is 1. The van der Waals surface area contributed by atoms with Crippen LogP contribution in [0.25, 0.3) is 10.9 Å². The molecule has 2 amide bonds. The molecular weight excluding hydrogens is 478 g/mol. The first-order valence-corrected chi connectivity index (χ1v) is 12.0. The highest BCUT2D eigenvalue weighted by atomic mass is 35.5. The fraction of sp³-hybridized carbons (Fsp3) is 0.0870. The lowest BCUT2D eigenvalue weighted by Gasteiger charge is -2.19. The topological polar surface area (TPSA) is 133 Å². The van der Waals surface area contributed by atoms with Gasteiger partial charge in [0, 0.05) is 28.3 Å². The Labute approximate surface area is 200 Å². The van der Waals surface area contributed by atoms with Crippen molar-refractivity contribution < 1.29 is 18.0 Å². The van der Waals surface area contributed by atoms with E-state index in [9.17, 15) is 18.0 Å². The summed E-state index contributed by atoms with van der Waals surface area (Å²) in [6.45, 7) is 0. The van der Waals surface area contributed by atoms with E-state index in [1.54, 1.807) is 18.3 Å². The Morgan fingerprint density at radius 3 is 2.44 bits per heavy atom. The van der Waals surface area contributed by atoms with E-state index in [2.05, 4.69) is 25.5 Å². The molecule has 2 aromatic carbocycles. The molecule has 0 aliphatic heterocycles. The lowest BCUT2D eigenvalue weighted by molar-refractivity contribution is -0.123. The van der Waals surface area contributed by atoms with Gasteiger partial charge in [0.15, 0.2) is 0 Å². The molecule has 0 spiro atoms. The predicted octanol–water partition coefficient (Wildman–Crippen LogP) is 2.57. The second-order valence-corrected chi connectivity index (χ2v) is 9.50. The molecule has 174 valence electrons. The highest BCUT2D eigenvalue weighted by molar-refractivity contribution is 7.89. The summed E-state index contributed by atoms with van der Waals surface area (Å²) in [7, 11) is -4.07. The normalized spacial score (nSPS) is 12.3. The first kappa shape index (κ1) is 23.4. The van der Waals surface area contributed by atoms with Gasteiger partial charge in [0.1, 0.15) is 11.7 Å². The van der Waals surface area contributed by atoms with Crippen LogP contribution in [0.1, 0.15) is 16.1 Å². The molecule has 0 fully saturated rings. The molecule has 2 heterocycles. The van der Waals surface area contributed by atoms with Crippen molar-refractivity contribution in [3.05, 3.63) is 95.4 Å². The van der Waals surface area contributed by atoms with Gasteiger partial charge in [0.25, 0.3) is 11.8 Å². The molecule has 34 heavy (non-hydrogen) atoms. The van der Waals surface area contributed by atoms with Gasteiger partial charge in [-0.3, -0.25) is 25.4 Å². The minimum Gasteiger partial charge on any atom is -0.361 e. The molecule has 4 N–H and O–H groups in total. The zero-order chi connectivity index (χ0) is 24.1. The standard InChI is InChI=1S/C23H20ClN5O4S/c24-16-8-10-17(11-9-16)34(32,33)29-21(13-15-14-26-19-6-2-1-5-18(15)19)23(31)28-27-22(30)20-7-3-4-12-25-20/h1-12,14,21,26,29H,13H2,(H,27,30)(H,28,31). The molecule has 1 atom stereocenters. The number of nitrogens with one attached hydrogen (secondary N) is 4. The second kappa shape index (κ2) is 10.0. The van der Waals surface area contributed by atoms with Crippen LogP contribution in [0.3, 0.4) is 0 Å². The average Bonchev–Trinajstić information content (AvgIpc) is 3.25. The van der Waals surface area contributed by atoms with Crippen molar-refractivity contribution in [1.82, 2.24) is 25.5 Å². The van der Waals surface area contributed by atoms with E-state index in [-0.39, 0.29) is 17.0 Å². The number of H-pyrrole nitrogens is 1. The molecule has 11 heteroatoms. The molecule has 0 radical (unpaired) electrons. The van der Waals surface area contributed by atoms with E-state index in [0.717, 1.165) is 16.5 Å². The van der Waals surface area contributed by atoms with Crippen molar-refractivity contribution in [2.45, 2.75) is 17.4 Å². The molecule has 0 bridgehead atoms. The Balaban J connectivity index is 1.57. The van der Waals surface area contributed by atoms with Crippen LogP contribution in [0, 0.1) is 0 Å². The van der Waals surface area contributed by atoms with Crippen molar-refractivity contribution in [2.24, 2.45) is 0 Å². The molecule has 0 saturated carbocycles. The Bertz CT molecular complexity index is 1420. The van der Waals surface area contributed by atoms with Gasteiger partial charge in [-0.25, -0.2) is 8.42 Å². The van der Waals surface area contributed by atoms with E-state index in [1.807, 2.05) is 24.3 Å². The fourth-order valence-electron chi connectivity index (χ4n) is 3.34. The van der Waals surface area contributed by atoms with Crippen LogP contribution in [0.5, 0.6) is 0 Å². The number of rotatable bonds is 7. The number of aromatic nitrogens is 2. The minimum absolute atomic E-state index is 0.0299. The number of para-hydroxylation sites is 1. The van der Waals surface area contributed by atoms with Crippen molar-refractivity contribution >= 4 is 44.3 Å². The van der Waals surface area contributed by atoms with Gasteiger partial charge < -0.3 is 4.98 Å². The van der Waals surface area contributed by atoms with Crippen LogP contribution >= 0.6 is 11.6 Å². The summed E-state index contributed by atoms with van der Waals surface area (Å²) in [6.07, 6.45) is 3.19. The highest BCUT2D eigenvalue weighted by Crippen LogP contribution is 2.20. The van der Waals surface area contributed by atoms with E-state index in [4.69, 9.17) is 11.6 Å². The maximum atomic E-state index is 13.0. The van der Waals surface area contributed by atoms with Crippen LogP contribution < -0.4 is 15.6 Å². The number of sulfonamides is 1. The Hall–Kier alpha value is -3.73. The molecular formula is C23H20ClN5O4S. The van der Waals surface area contributed by atoms with Crippen molar-refractivity contribution in [3.63, 3.8) is 0 Å². The van der Waals surface area contributed by atoms with Crippen molar-refractivity contribution in [2.75, 3.05) is 0 Å². The third kappa shape index (κ3) is 5.42. The SMILES string of the molecule is O=C(NNC(=O)C(Cc1c[nH]c2ccccc12)NS(=O)(=O)c1ccc(Cl)cc1)c1ccccn1. The van der Waals surface area contributed by atoms with Gasteiger partial charge in [0.2, 0.25) is 10.0 Å². The zero-order valence-electron chi connectivity index (χ0n) is 17.7. The van der Waals surface area contributed by atoms with E-state index < -0.39 is 27.9 Å². The summed E-state index contributed by atoms with van der Waals surface area (Å²) < 4.78 is 28.4. The largest absolute Gasteiger partial charge is 0.361 e. The second-order valence-electron chi connectivity index (χ2n) is 7.35. The smallest absolute Gasteiger partial charge is 0.288 e. The van der Waals surface area contributed by atoms with Crippen LogP contribution in [0.2, 0.25) is 5.02 Å². The number of carbonyl (C=O) groups excluding carboxylic acids is 2. The molecule has 2 aromatic heterocycles. The Morgan fingerprint density at radius 1 is 0.971 bits per heavy atom. The summed E-state index contributed by atoms with van der Waals surface area (Å²) in [5.74, 6) is -1.38. The Kier molecular flexibility index (Phi) is 6.92. The van der Waals surface area contributed by atoms with E-state index >= 15 is 0 Å². The Morgan fingerprint density at radius 2 is 1.71 bits per heavy atom. The van der Waals surface area contributed by atoms with E-state index in [1.165, 1.54) is 36.5 Å². The van der Waals surface area contributed by atoms with Gasteiger partial charge in [-0.2, -0.15) is 4.72 Å². The van der Waals surface area contributed by atoms with Crippen LogP contribution in [0.4, 0.5) is 0 Å². The average molecular weight is 498 g/mol. The number of benzene rings is 2. The summed E-state index contributed by atoms with van der Waals surface area (Å²) in [6, 6.07) is 16.5. The van der Waals surface area contributed by atoms with Gasteiger partial charge in [-0.1, -0.05) is 35.9 Å². The molecule has 1 unspecified atom stereocenters. The van der Waals surface area contributed by atoms with Gasteiger partial charge in [-0.15, -0.1) is 0 Å². The third-order valence-corrected chi connectivity index (χ3v) is 6.77. The van der Waals surface area contributed by atoms with E-state index in [0.29, 0.717) is 5.02 Å². The molecule has 0 saturated heterocycles.